The van der Waals surface area contributed by atoms with Gasteiger partial charge in [-0.1, -0.05) is 18.2 Å². The van der Waals surface area contributed by atoms with Gasteiger partial charge in [-0.2, -0.15) is 13.2 Å². The highest BCUT2D eigenvalue weighted by molar-refractivity contribution is 6.10. The lowest BCUT2D eigenvalue weighted by Gasteiger charge is -2.32. The third-order valence-corrected chi connectivity index (χ3v) is 5.63. The fraction of sp³-hybridized carbons (Fsp3) is 0.550. The number of amides is 3. The standard InChI is InChI=1S/C20H23F3N2O3/c1-2-25-17(27)13-19(18(25)28,12-16(26)24-9-4-3-5-10-24)14-7-6-8-15(11-14)20(21,22)23/h6-8,11H,2-5,9-10,12-13H2,1H3/t19-/m1/s1. The molecule has 3 amide bonds. The monoisotopic (exact) mass is 396 g/mol. The summed E-state index contributed by atoms with van der Waals surface area (Å²) in [5, 5.41) is 0. The zero-order chi connectivity index (χ0) is 20.5. The number of piperidine rings is 1. The number of likely N-dealkylation sites (N-methyl/N-ethyl adjacent to an activating group) is 1. The van der Waals surface area contributed by atoms with Crippen LogP contribution >= 0.6 is 0 Å². The van der Waals surface area contributed by atoms with Crippen LogP contribution in [0.5, 0.6) is 0 Å². The normalized spacial score (nSPS) is 23.4. The smallest absolute Gasteiger partial charge is 0.343 e. The van der Waals surface area contributed by atoms with E-state index in [-0.39, 0.29) is 30.9 Å². The van der Waals surface area contributed by atoms with Crippen molar-refractivity contribution < 1.29 is 27.6 Å². The van der Waals surface area contributed by atoms with Gasteiger partial charge in [-0.3, -0.25) is 19.3 Å². The number of rotatable bonds is 4. The molecule has 2 saturated heterocycles. The van der Waals surface area contributed by atoms with Crippen LogP contribution in [-0.2, 0) is 26.0 Å². The highest BCUT2D eigenvalue weighted by Gasteiger charge is 2.54. The van der Waals surface area contributed by atoms with E-state index in [0.717, 1.165) is 36.3 Å². The molecule has 0 bridgehead atoms. The topological polar surface area (TPSA) is 57.7 Å². The van der Waals surface area contributed by atoms with Crippen LogP contribution in [0, 0.1) is 0 Å². The van der Waals surface area contributed by atoms with Crippen LogP contribution in [0.4, 0.5) is 13.2 Å². The quantitative estimate of drug-likeness (QED) is 0.735. The summed E-state index contributed by atoms with van der Waals surface area (Å²) in [4.78, 5) is 41.1. The van der Waals surface area contributed by atoms with E-state index in [1.54, 1.807) is 11.8 Å². The van der Waals surface area contributed by atoms with Crippen molar-refractivity contribution in [2.45, 2.75) is 50.6 Å². The number of alkyl halides is 3. The van der Waals surface area contributed by atoms with Crippen molar-refractivity contribution >= 4 is 17.7 Å². The number of hydrogen-bond donors (Lipinski definition) is 0. The summed E-state index contributed by atoms with van der Waals surface area (Å²) in [6.07, 6.45) is -2.43. The minimum Gasteiger partial charge on any atom is -0.343 e. The number of nitrogens with zero attached hydrogens (tertiary/aromatic N) is 2. The summed E-state index contributed by atoms with van der Waals surface area (Å²) >= 11 is 0. The van der Waals surface area contributed by atoms with Crippen molar-refractivity contribution in [2.75, 3.05) is 19.6 Å². The third kappa shape index (κ3) is 3.64. The van der Waals surface area contributed by atoms with Crippen LogP contribution < -0.4 is 0 Å². The Kier molecular flexibility index (Phi) is 5.50. The Balaban J connectivity index is 2.02. The molecule has 152 valence electrons. The molecule has 0 saturated carbocycles. The molecule has 2 aliphatic heterocycles. The zero-order valence-corrected chi connectivity index (χ0v) is 15.7. The number of benzene rings is 1. The van der Waals surface area contributed by atoms with Crippen molar-refractivity contribution in [3.63, 3.8) is 0 Å². The first-order chi connectivity index (χ1) is 13.2. The average molecular weight is 396 g/mol. The van der Waals surface area contributed by atoms with Gasteiger partial charge in [0.1, 0.15) is 0 Å². The van der Waals surface area contributed by atoms with Crippen LogP contribution in [0.25, 0.3) is 0 Å². The Bertz CT molecular complexity index is 787. The molecule has 0 spiro atoms. The molecule has 0 aromatic heterocycles. The van der Waals surface area contributed by atoms with Crippen molar-refractivity contribution in [1.82, 2.24) is 9.80 Å². The lowest BCUT2D eigenvalue weighted by atomic mass is 9.75. The van der Waals surface area contributed by atoms with Gasteiger partial charge in [0.05, 0.1) is 11.0 Å². The molecular weight excluding hydrogens is 373 g/mol. The van der Waals surface area contributed by atoms with Gasteiger partial charge < -0.3 is 4.90 Å². The van der Waals surface area contributed by atoms with Gasteiger partial charge in [0.15, 0.2) is 0 Å². The molecule has 2 fully saturated rings. The first kappa shape index (κ1) is 20.4. The molecule has 1 aromatic rings. The summed E-state index contributed by atoms with van der Waals surface area (Å²) in [6.45, 7) is 2.88. The Morgan fingerprint density at radius 2 is 1.82 bits per heavy atom. The molecule has 0 N–H and O–H groups in total. The number of halogens is 3. The molecule has 2 heterocycles. The second kappa shape index (κ2) is 7.56. The second-order valence-corrected chi connectivity index (χ2v) is 7.40. The minimum atomic E-state index is -4.58. The molecule has 1 atom stereocenters. The summed E-state index contributed by atoms with van der Waals surface area (Å²) in [5.74, 6) is -1.35. The Hall–Kier alpha value is -2.38. The predicted octanol–water partition coefficient (Wildman–Crippen LogP) is 3.12. The van der Waals surface area contributed by atoms with Crippen LogP contribution in [0.2, 0.25) is 0 Å². The molecule has 5 nitrogen and oxygen atoms in total. The maximum absolute atomic E-state index is 13.2. The largest absolute Gasteiger partial charge is 0.416 e. The highest BCUT2D eigenvalue weighted by atomic mass is 19.4. The van der Waals surface area contributed by atoms with E-state index in [2.05, 4.69) is 0 Å². The van der Waals surface area contributed by atoms with E-state index in [1.807, 2.05) is 0 Å². The summed E-state index contributed by atoms with van der Waals surface area (Å²) in [6, 6.07) is 4.44. The van der Waals surface area contributed by atoms with Crippen LogP contribution in [-0.4, -0.2) is 47.2 Å². The molecule has 8 heteroatoms. The Morgan fingerprint density at radius 3 is 2.39 bits per heavy atom. The SMILES string of the molecule is CCN1C(=O)C[C@](CC(=O)N2CCCCC2)(c2cccc(C(F)(F)F)c2)C1=O. The van der Waals surface area contributed by atoms with E-state index < -0.39 is 29.0 Å². The van der Waals surface area contributed by atoms with E-state index in [9.17, 15) is 27.6 Å². The van der Waals surface area contributed by atoms with Crippen LogP contribution in [0.3, 0.4) is 0 Å². The molecule has 2 aliphatic rings. The summed E-state index contributed by atoms with van der Waals surface area (Å²) in [5.41, 5.74) is -2.41. The van der Waals surface area contributed by atoms with Gasteiger partial charge in [-0.25, -0.2) is 0 Å². The van der Waals surface area contributed by atoms with Gasteiger partial charge >= 0.3 is 6.18 Å². The predicted molar refractivity (Wildman–Crippen MR) is 95.2 cm³/mol. The Morgan fingerprint density at radius 1 is 1.14 bits per heavy atom. The molecule has 0 radical (unpaired) electrons. The van der Waals surface area contributed by atoms with Gasteiger partial charge in [-0.05, 0) is 37.8 Å². The second-order valence-electron chi connectivity index (χ2n) is 7.40. The Labute approximate surface area is 161 Å². The maximum atomic E-state index is 13.2. The number of imide groups is 1. The van der Waals surface area contributed by atoms with Gasteiger partial charge in [0.25, 0.3) is 0 Å². The fourth-order valence-electron chi connectivity index (χ4n) is 4.09. The first-order valence-electron chi connectivity index (χ1n) is 9.49. The molecule has 0 unspecified atom stereocenters. The van der Waals surface area contributed by atoms with Gasteiger partial charge in [0, 0.05) is 32.5 Å². The molecule has 0 aliphatic carbocycles. The van der Waals surface area contributed by atoms with E-state index >= 15 is 0 Å². The number of carbonyl (C=O) groups is 3. The molecular formula is C20H23F3N2O3. The van der Waals surface area contributed by atoms with Crippen molar-refractivity contribution in [3.05, 3.63) is 35.4 Å². The summed E-state index contributed by atoms with van der Waals surface area (Å²) < 4.78 is 39.6. The number of hydrogen-bond acceptors (Lipinski definition) is 3. The van der Waals surface area contributed by atoms with Crippen molar-refractivity contribution in [3.8, 4) is 0 Å². The molecule has 3 rings (SSSR count). The van der Waals surface area contributed by atoms with Crippen LogP contribution in [0.15, 0.2) is 24.3 Å². The molecule has 28 heavy (non-hydrogen) atoms. The van der Waals surface area contributed by atoms with Gasteiger partial charge in [-0.15, -0.1) is 0 Å². The van der Waals surface area contributed by atoms with Crippen molar-refractivity contribution in [1.29, 1.82) is 0 Å². The number of carbonyl (C=O) groups excluding carboxylic acids is 3. The van der Waals surface area contributed by atoms with Crippen LogP contribution in [0.1, 0.15) is 50.2 Å². The van der Waals surface area contributed by atoms with E-state index in [1.165, 1.54) is 12.1 Å². The van der Waals surface area contributed by atoms with Gasteiger partial charge in [0.2, 0.25) is 17.7 Å². The molecule has 1 aromatic carbocycles. The first-order valence-corrected chi connectivity index (χ1v) is 9.49. The fourth-order valence-corrected chi connectivity index (χ4v) is 4.09. The van der Waals surface area contributed by atoms with Crippen molar-refractivity contribution in [2.24, 2.45) is 0 Å². The number of likely N-dealkylation sites (tertiary alicyclic amines) is 2. The average Bonchev–Trinajstić information content (AvgIpc) is 2.92. The third-order valence-electron chi connectivity index (χ3n) is 5.63. The van der Waals surface area contributed by atoms with E-state index in [4.69, 9.17) is 0 Å². The lowest BCUT2D eigenvalue weighted by molar-refractivity contribution is -0.143. The maximum Gasteiger partial charge on any atom is 0.416 e. The minimum absolute atomic E-state index is 0.0713. The zero-order valence-electron chi connectivity index (χ0n) is 15.7. The summed E-state index contributed by atoms with van der Waals surface area (Å²) in [7, 11) is 0. The highest BCUT2D eigenvalue weighted by Crippen LogP contribution is 2.42. The lowest BCUT2D eigenvalue weighted by Crippen LogP contribution is -2.44. The van der Waals surface area contributed by atoms with E-state index in [0.29, 0.717) is 13.1 Å².